The SMILES string of the molecule is O=C(CSc1nn(C2=NN(C(=O)Nc3ccccc3)C(c3ccccc3)C2)n[n+]1-c1ccccc1)N1N=CCC1c1ccccc1. The number of hydrogen-bond acceptors (Lipinski definition) is 7. The number of nitrogens with zero attached hydrogens (tertiary/aromatic N) is 8. The molecule has 3 heterocycles. The minimum absolute atomic E-state index is 0.108. The van der Waals surface area contributed by atoms with Crippen LogP contribution >= 0.6 is 11.8 Å². The van der Waals surface area contributed by atoms with Crippen molar-refractivity contribution in [3.05, 3.63) is 132 Å². The quantitative estimate of drug-likeness (QED) is 0.190. The van der Waals surface area contributed by atoms with Crippen LogP contribution in [0.15, 0.2) is 137 Å². The molecule has 0 bridgehead atoms. The van der Waals surface area contributed by atoms with Crippen molar-refractivity contribution in [1.29, 1.82) is 0 Å². The minimum Gasteiger partial charge on any atom is -0.306 e. The van der Waals surface area contributed by atoms with Gasteiger partial charge in [0.2, 0.25) is 0 Å². The molecule has 0 spiro atoms. The van der Waals surface area contributed by atoms with Gasteiger partial charge in [-0.15, -0.1) is 5.10 Å². The number of rotatable bonds is 7. The Morgan fingerprint density at radius 2 is 1.39 bits per heavy atom. The van der Waals surface area contributed by atoms with E-state index in [1.807, 2.05) is 121 Å². The number of nitrogens with one attached hydrogen (secondary N) is 1. The largest absolute Gasteiger partial charge is 0.364 e. The van der Waals surface area contributed by atoms with Crippen LogP contribution in [0.5, 0.6) is 0 Å². The first-order chi connectivity index (χ1) is 22.6. The number of hydrogen-bond donors (Lipinski definition) is 1. The predicted molar refractivity (Wildman–Crippen MR) is 175 cm³/mol. The number of hydrazone groups is 2. The van der Waals surface area contributed by atoms with E-state index in [0.29, 0.717) is 29.5 Å². The van der Waals surface area contributed by atoms with Crippen molar-refractivity contribution in [3.63, 3.8) is 0 Å². The first-order valence-corrected chi connectivity index (χ1v) is 15.9. The highest BCUT2D eigenvalue weighted by Crippen LogP contribution is 2.32. The van der Waals surface area contributed by atoms with Gasteiger partial charge in [-0.1, -0.05) is 102 Å². The number of urea groups is 1. The second-order valence-corrected chi connectivity index (χ2v) is 11.6. The van der Waals surface area contributed by atoms with E-state index < -0.39 is 0 Å². The highest BCUT2D eigenvalue weighted by atomic mass is 32.2. The van der Waals surface area contributed by atoms with Gasteiger partial charge in [-0.05, 0) is 47.2 Å². The van der Waals surface area contributed by atoms with Crippen LogP contribution in [0.25, 0.3) is 5.69 Å². The Labute approximate surface area is 269 Å². The molecule has 46 heavy (non-hydrogen) atoms. The first kappa shape index (κ1) is 29.1. The van der Waals surface area contributed by atoms with E-state index in [2.05, 4.69) is 10.4 Å². The normalized spacial score (nSPS) is 17.3. The van der Waals surface area contributed by atoms with Crippen LogP contribution in [0, 0.1) is 0 Å². The van der Waals surface area contributed by atoms with E-state index in [1.165, 1.54) is 21.6 Å². The van der Waals surface area contributed by atoms with Gasteiger partial charge in [0.1, 0.15) is 5.69 Å². The molecule has 2 atom stereocenters. The molecule has 228 valence electrons. The Kier molecular flexibility index (Phi) is 8.33. The number of anilines is 1. The second kappa shape index (κ2) is 13.2. The zero-order valence-electron chi connectivity index (χ0n) is 24.7. The summed E-state index contributed by atoms with van der Waals surface area (Å²) in [6.07, 6.45) is 2.83. The average Bonchev–Trinajstić information content (AvgIpc) is 3.88. The Morgan fingerprint density at radius 1 is 0.783 bits per heavy atom. The third-order valence-electron chi connectivity index (χ3n) is 7.67. The predicted octanol–water partition coefficient (Wildman–Crippen LogP) is 5.45. The van der Waals surface area contributed by atoms with Crippen molar-refractivity contribution >= 4 is 41.4 Å². The van der Waals surface area contributed by atoms with E-state index in [1.54, 1.807) is 15.9 Å². The van der Waals surface area contributed by atoms with Gasteiger partial charge in [-0.3, -0.25) is 4.79 Å². The zero-order chi connectivity index (χ0) is 31.3. The van der Waals surface area contributed by atoms with Gasteiger partial charge in [0.05, 0.1) is 34.6 Å². The fraction of sp³-hybridized carbons (Fsp3) is 0.147. The fourth-order valence-corrected chi connectivity index (χ4v) is 6.22. The molecule has 0 aliphatic carbocycles. The lowest BCUT2D eigenvalue weighted by molar-refractivity contribution is -0.698. The topological polar surface area (TPSA) is 112 Å². The highest BCUT2D eigenvalue weighted by Gasteiger charge is 2.38. The first-order valence-electron chi connectivity index (χ1n) is 14.9. The Hall–Kier alpha value is -5.62. The third-order valence-corrected chi connectivity index (χ3v) is 8.58. The molecule has 1 aromatic heterocycles. The standard InChI is InChI=1S/C34H29N9O2S/c44-32(41-29(21-22-35-41)25-13-5-1-6-14-25)24-46-34-38-43(39-40(34)28-19-11-4-12-20-28)31-23-30(26-15-7-2-8-16-26)42(37-31)33(45)36-27-17-9-3-10-18-27/h1-20,22,29-30H,21,23-24H2/p+1. The zero-order valence-corrected chi connectivity index (χ0v) is 25.5. The van der Waals surface area contributed by atoms with Gasteiger partial charge in [0, 0.05) is 23.1 Å². The monoisotopic (exact) mass is 628 g/mol. The Morgan fingerprint density at radius 3 is 2.07 bits per heavy atom. The lowest BCUT2D eigenvalue weighted by atomic mass is 10.0. The summed E-state index contributed by atoms with van der Waals surface area (Å²) in [5, 5.41) is 25.1. The maximum atomic E-state index is 13.5. The third kappa shape index (κ3) is 6.15. The lowest BCUT2D eigenvalue weighted by Crippen LogP contribution is -2.37. The van der Waals surface area contributed by atoms with Gasteiger partial charge in [-0.2, -0.15) is 5.10 Å². The molecule has 1 N–H and O–H groups in total. The van der Waals surface area contributed by atoms with Crippen LogP contribution in [0.1, 0.15) is 36.1 Å². The number of carbonyl (C=O) groups is 2. The van der Waals surface area contributed by atoms with Gasteiger partial charge >= 0.3 is 11.2 Å². The molecule has 11 nitrogen and oxygen atoms in total. The summed E-state index contributed by atoms with van der Waals surface area (Å²) in [6.45, 7) is 0. The molecule has 12 heteroatoms. The molecular formula is C34H30N9O2S+. The fourth-order valence-electron chi connectivity index (χ4n) is 5.43. The maximum Gasteiger partial charge on any atom is 0.364 e. The minimum atomic E-state index is -0.364. The molecule has 2 aliphatic rings. The number of amides is 3. The van der Waals surface area contributed by atoms with Crippen molar-refractivity contribution in [3.8, 4) is 5.69 Å². The summed E-state index contributed by atoms with van der Waals surface area (Å²) in [6, 6.07) is 37.7. The maximum absolute atomic E-state index is 13.5. The molecule has 0 saturated heterocycles. The summed E-state index contributed by atoms with van der Waals surface area (Å²) in [7, 11) is 0. The Bertz CT molecular complexity index is 1880. The molecule has 4 aromatic carbocycles. The van der Waals surface area contributed by atoms with Gasteiger partial charge < -0.3 is 5.32 Å². The van der Waals surface area contributed by atoms with Gasteiger partial charge in [-0.25, -0.2) is 14.8 Å². The van der Waals surface area contributed by atoms with Crippen molar-refractivity contribution in [2.75, 3.05) is 11.1 Å². The van der Waals surface area contributed by atoms with Gasteiger partial charge in [0.25, 0.3) is 11.7 Å². The summed E-state index contributed by atoms with van der Waals surface area (Å²) in [4.78, 5) is 28.4. The van der Waals surface area contributed by atoms with Crippen molar-refractivity contribution < 1.29 is 14.3 Å². The average molecular weight is 629 g/mol. The Balaban J connectivity index is 1.16. The van der Waals surface area contributed by atoms with Gasteiger partial charge in [0.15, 0.2) is 0 Å². The number of tetrazole rings is 1. The molecule has 0 radical (unpaired) electrons. The number of aromatic nitrogens is 4. The summed E-state index contributed by atoms with van der Waals surface area (Å²) in [5.41, 5.74) is 3.42. The molecule has 2 aliphatic heterocycles. The smallest absolute Gasteiger partial charge is 0.306 e. The van der Waals surface area contributed by atoms with Crippen molar-refractivity contribution in [1.82, 2.24) is 25.1 Å². The molecule has 0 fully saturated rings. The van der Waals surface area contributed by atoms with E-state index in [-0.39, 0.29) is 29.8 Å². The number of carbonyl (C=O) groups excluding carboxylic acids is 2. The lowest BCUT2D eigenvalue weighted by Gasteiger charge is -2.21. The molecule has 7 rings (SSSR count). The highest BCUT2D eigenvalue weighted by molar-refractivity contribution is 7.99. The van der Waals surface area contributed by atoms with Crippen LogP contribution in [-0.4, -0.2) is 54.9 Å². The van der Waals surface area contributed by atoms with Crippen LogP contribution in [0.3, 0.4) is 0 Å². The molecule has 0 saturated carbocycles. The van der Waals surface area contributed by atoms with Crippen molar-refractivity contribution in [2.45, 2.75) is 30.1 Å². The summed E-state index contributed by atoms with van der Waals surface area (Å²) < 4.78 is 1.69. The number of benzene rings is 4. The molecule has 5 aromatic rings. The molecule has 2 unspecified atom stereocenters. The van der Waals surface area contributed by atoms with E-state index in [0.717, 1.165) is 16.8 Å². The second-order valence-electron chi connectivity index (χ2n) is 10.7. The van der Waals surface area contributed by atoms with E-state index >= 15 is 0 Å². The van der Waals surface area contributed by atoms with Crippen LogP contribution < -0.4 is 10.00 Å². The number of para-hydroxylation sites is 2. The number of thioether (sulfide) groups is 1. The van der Waals surface area contributed by atoms with E-state index in [9.17, 15) is 9.59 Å². The van der Waals surface area contributed by atoms with E-state index in [4.69, 9.17) is 15.4 Å². The van der Waals surface area contributed by atoms with Crippen LogP contribution in [-0.2, 0) is 4.79 Å². The van der Waals surface area contributed by atoms with Crippen molar-refractivity contribution in [2.24, 2.45) is 10.2 Å². The summed E-state index contributed by atoms with van der Waals surface area (Å²) >= 11 is 1.28. The van der Waals surface area contributed by atoms with Crippen LogP contribution in [0.4, 0.5) is 10.5 Å². The molecular weight excluding hydrogens is 599 g/mol. The summed E-state index contributed by atoms with van der Waals surface area (Å²) in [5.74, 6) is 0.470. The van der Waals surface area contributed by atoms with Crippen LogP contribution in [0.2, 0.25) is 0 Å². The molecule has 3 amide bonds.